The fourth-order valence-electron chi connectivity index (χ4n) is 3.56. The largest absolute Gasteiger partial charge is 0.342 e. The van der Waals surface area contributed by atoms with Gasteiger partial charge in [0.05, 0.1) is 17.6 Å². The minimum atomic E-state index is -0.356. The highest BCUT2D eigenvalue weighted by Crippen LogP contribution is 2.26. The molecule has 1 aromatic heterocycles. The van der Waals surface area contributed by atoms with Crippen LogP contribution in [0.5, 0.6) is 0 Å². The summed E-state index contributed by atoms with van der Waals surface area (Å²) >= 11 is 0. The van der Waals surface area contributed by atoms with Crippen LogP contribution >= 0.6 is 0 Å². The topological polar surface area (TPSA) is 61.0 Å². The normalized spacial score (nSPS) is 18.1. The van der Waals surface area contributed by atoms with Gasteiger partial charge in [-0.2, -0.15) is 0 Å². The van der Waals surface area contributed by atoms with Gasteiger partial charge in [-0.25, -0.2) is 9.37 Å². The van der Waals surface area contributed by atoms with E-state index in [1.807, 2.05) is 24.3 Å². The molecule has 1 atom stereocenters. The molecule has 4 rings (SSSR count). The lowest BCUT2D eigenvalue weighted by molar-refractivity contribution is -0.117. The zero-order valence-corrected chi connectivity index (χ0v) is 14.4. The Balaban J connectivity index is 1.39. The van der Waals surface area contributed by atoms with E-state index < -0.39 is 0 Å². The molecule has 1 aliphatic heterocycles. The summed E-state index contributed by atoms with van der Waals surface area (Å²) < 4.78 is 13.2. The second kappa shape index (κ2) is 7.25. The number of carbonyl (C=O) groups is 1. The van der Waals surface area contributed by atoms with Crippen LogP contribution < -0.4 is 5.32 Å². The van der Waals surface area contributed by atoms with Crippen molar-refractivity contribution in [2.75, 3.05) is 25.0 Å². The van der Waals surface area contributed by atoms with Crippen molar-refractivity contribution in [3.05, 3.63) is 60.2 Å². The Kier molecular flexibility index (Phi) is 4.67. The number of aromatic amines is 1. The van der Waals surface area contributed by atoms with Crippen LogP contribution in [-0.4, -0.2) is 40.4 Å². The molecule has 0 spiro atoms. The molecule has 26 heavy (non-hydrogen) atoms. The summed E-state index contributed by atoms with van der Waals surface area (Å²) in [7, 11) is 0. The van der Waals surface area contributed by atoms with Gasteiger partial charge in [-0.1, -0.05) is 18.2 Å². The minimum absolute atomic E-state index is 0.124. The molecule has 1 fully saturated rings. The Labute approximate surface area is 151 Å². The van der Waals surface area contributed by atoms with Gasteiger partial charge in [0.1, 0.15) is 11.6 Å². The number of benzene rings is 2. The number of imidazole rings is 1. The number of likely N-dealkylation sites (tertiary alicyclic amines) is 1. The Hall–Kier alpha value is -2.73. The van der Waals surface area contributed by atoms with Gasteiger partial charge in [0, 0.05) is 18.2 Å². The number of anilines is 1. The Bertz CT molecular complexity index is 890. The van der Waals surface area contributed by atoms with Crippen molar-refractivity contribution in [2.45, 2.75) is 18.8 Å². The summed E-state index contributed by atoms with van der Waals surface area (Å²) in [5.41, 5.74) is 2.51. The number of amides is 1. The predicted molar refractivity (Wildman–Crippen MR) is 99.5 cm³/mol. The molecule has 2 N–H and O–H groups in total. The number of rotatable bonds is 4. The molecule has 6 heteroatoms. The molecule has 1 aliphatic rings. The zero-order chi connectivity index (χ0) is 17.9. The van der Waals surface area contributed by atoms with Gasteiger partial charge >= 0.3 is 0 Å². The van der Waals surface area contributed by atoms with Gasteiger partial charge in [0.15, 0.2) is 0 Å². The Morgan fingerprint density at radius 3 is 3.00 bits per heavy atom. The third kappa shape index (κ3) is 3.75. The molecular weight excluding hydrogens is 331 g/mol. The summed E-state index contributed by atoms with van der Waals surface area (Å²) in [6.45, 7) is 1.97. The first-order valence-electron chi connectivity index (χ1n) is 8.90. The first-order chi connectivity index (χ1) is 12.7. The van der Waals surface area contributed by atoms with Crippen LogP contribution in [0.15, 0.2) is 48.5 Å². The monoisotopic (exact) mass is 352 g/mol. The number of aromatic nitrogens is 2. The number of hydrogen-bond acceptors (Lipinski definition) is 3. The Morgan fingerprint density at radius 2 is 2.15 bits per heavy atom. The number of nitrogens with one attached hydrogen (secondary N) is 2. The van der Waals surface area contributed by atoms with Crippen LogP contribution in [0.2, 0.25) is 0 Å². The van der Waals surface area contributed by atoms with E-state index in [1.54, 1.807) is 12.1 Å². The predicted octanol–water partition coefficient (Wildman–Crippen LogP) is 3.52. The molecule has 1 unspecified atom stereocenters. The van der Waals surface area contributed by atoms with Crippen LogP contribution in [0.3, 0.4) is 0 Å². The minimum Gasteiger partial charge on any atom is -0.342 e. The summed E-state index contributed by atoms with van der Waals surface area (Å²) in [6.07, 6.45) is 2.08. The van der Waals surface area contributed by atoms with E-state index in [0.29, 0.717) is 12.2 Å². The molecule has 1 saturated heterocycles. The molecule has 3 aromatic rings. The number of fused-ring (bicyclic) bond motifs is 1. The van der Waals surface area contributed by atoms with Gasteiger partial charge in [-0.05, 0) is 49.7 Å². The fourth-order valence-corrected chi connectivity index (χ4v) is 3.56. The van der Waals surface area contributed by atoms with Crippen molar-refractivity contribution in [1.82, 2.24) is 14.9 Å². The summed E-state index contributed by atoms with van der Waals surface area (Å²) in [6, 6.07) is 14.0. The van der Waals surface area contributed by atoms with E-state index in [2.05, 4.69) is 15.2 Å². The third-order valence-electron chi connectivity index (χ3n) is 4.78. The van der Waals surface area contributed by atoms with Crippen molar-refractivity contribution >= 4 is 22.6 Å². The standard InChI is InChI=1S/C20H21FN4O/c21-15-6-3-7-16(11-15)22-19(26)13-25-10-4-5-14(12-25)20-23-17-8-1-2-9-18(17)24-20/h1-3,6-9,11,14H,4-5,10,12-13H2,(H,22,26)(H,23,24). The van der Waals surface area contributed by atoms with E-state index in [-0.39, 0.29) is 17.6 Å². The SMILES string of the molecule is O=C(CN1CCCC(c2nc3ccccc3[nH]2)C1)Nc1cccc(F)c1. The summed E-state index contributed by atoms with van der Waals surface area (Å²) in [5, 5.41) is 2.76. The van der Waals surface area contributed by atoms with Gasteiger partial charge in [0.25, 0.3) is 0 Å². The maximum atomic E-state index is 13.2. The number of halogens is 1. The van der Waals surface area contributed by atoms with Crippen LogP contribution in [0.1, 0.15) is 24.6 Å². The number of carbonyl (C=O) groups excluding carboxylic acids is 1. The van der Waals surface area contributed by atoms with Crippen molar-refractivity contribution < 1.29 is 9.18 Å². The van der Waals surface area contributed by atoms with Crippen molar-refractivity contribution in [3.8, 4) is 0 Å². The van der Waals surface area contributed by atoms with Gasteiger partial charge in [-0.3, -0.25) is 9.69 Å². The quantitative estimate of drug-likeness (QED) is 0.755. The van der Waals surface area contributed by atoms with Crippen LogP contribution in [0.25, 0.3) is 11.0 Å². The van der Waals surface area contributed by atoms with E-state index in [0.717, 1.165) is 42.8 Å². The van der Waals surface area contributed by atoms with Gasteiger partial charge < -0.3 is 10.3 Å². The summed E-state index contributed by atoms with van der Waals surface area (Å²) in [5.74, 6) is 0.797. The molecule has 5 nitrogen and oxygen atoms in total. The molecule has 0 saturated carbocycles. The van der Waals surface area contributed by atoms with E-state index in [1.165, 1.54) is 12.1 Å². The number of piperidine rings is 1. The second-order valence-electron chi connectivity index (χ2n) is 6.77. The number of para-hydroxylation sites is 2. The fraction of sp³-hybridized carbons (Fsp3) is 0.300. The van der Waals surface area contributed by atoms with E-state index in [9.17, 15) is 9.18 Å². The number of nitrogens with zero attached hydrogens (tertiary/aromatic N) is 2. The Morgan fingerprint density at radius 1 is 1.27 bits per heavy atom. The number of H-pyrrole nitrogens is 1. The lowest BCUT2D eigenvalue weighted by Gasteiger charge is -2.31. The third-order valence-corrected chi connectivity index (χ3v) is 4.78. The lowest BCUT2D eigenvalue weighted by atomic mass is 9.97. The van der Waals surface area contributed by atoms with Crippen molar-refractivity contribution in [1.29, 1.82) is 0 Å². The highest BCUT2D eigenvalue weighted by atomic mass is 19.1. The van der Waals surface area contributed by atoms with Crippen LogP contribution in [0, 0.1) is 5.82 Å². The average molecular weight is 352 g/mol. The first-order valence-corrected chi connectivity index (χ1v) is 8.90. The highest BCUT2D eigenvalue weighted by molar-refractivity contribution is 5.92. The second-order valence-corrected chi connectivity index (χ2v) is 6.77. The first kappa shape index (κ1) is 16.7. The maximum absolute atomic E-state index is 13.2. The smallest absolute Gasteiger partial charge is 0.238 e. The summed E-state index contributed by atoms with van der Waals surface area (Å²) in [4.78, 5) is 22.5. The number of hydrogen-bond donors (Lipinski definition) is 2. The molecule has 134 valence electrons. The van der Waals surface area contributed by atoms with Gasteiger partial charge in [0.2, 0.25) is 5.91 Å². The molecule has 2 aromatic carbocycles. The highest BCUT2D eigenvalue weighted by Gasteiger charge is 2.25. The zero-order valence-electron chi connectivity index (χ0n) is 14.4. The maximum Gasteiger partial charge on any atom is 0.238 e. The molecular formula is C20H21FN4O. The van der Waals surface area contributed by atoms with E-state index >= 15 is 0 Å². The molecule has 0 bridgehead atoms. The molecule has 0 radical (unpaired) electrons. The average Bonchev–Trinajstić information content (AvgIpc) is 3.06. The van der Waals surface area contributed by atoms with Crippen molar-refractivity contribution in [3.63, 3.8) is 0 Å². The molecule has 1 amide bonds. The van der Waals surface area contributed by atoms with Crippen LogP contribution in [0.4, 0.5) is 10.1 Å². The molecule has 0 aliphatic carbocycles. The van der Waals surface area contributed by atoms with E-state index in [4.69, 9.17) is 4.98 Å². The molecule has 2 heterocycles. The lowest BCUT2D eigenvalue weighted by Crippen LogP contribution is -2.40. The van der Waals surface area contributed by atoms with Crippen LogP contribution in [-0.2, 0) is 4.79 Å². The van der Waals surface area contributed by atoms with Gasteiger partial charge in [-0.15, -0.1) is 0 Å². The van der Waals surface area contributed by atoms with Crippen molar-refractivity contribution in [2.24, 2.45) is 0 Å².